The average Bonchev–Trinajstić information content (AvgIpc) is 2.64. The number of nitrogens with zero attached hydrogens (tertiary/aromatic N) is 3. The molecule has 0 aliphatic carbocycles. The summed E-state index contributed by atoms with van der Waals surface area (Å²) in [5.41, 5.74) is 0. The highest BCUT2D eigenvalue weighted by Crippen LogP contribution is 1.98. The lowest BCUT2D eigenvalue weighted by atomic mass is 10.8. The molecule has 0 fully saturated rings. The zero-order valence-electron chi connectivity index (χ0n) is 6.91. The molecule has 0 saturated carbocycles. The van der Waals surface area contributed by atoms with E-state index in [9.17, 15) is 0 Å². The molecule has 6 heteroatoms. The number of H-pyrrole nitrogens is 1. The first-order valence-electron chi connectivity index (χ1n) is 3.47. The summed E-state index contributed by atoms with van der Waals surface area (Å²) in [4.78, 5) is 0. The topological polar surface area (TPSA) is 46.5 Å². The van der Waals surface area contributed by atoms with Gasteiger partial charge in [-0.1, -0.05) is 0 Å². The first-order chi connectivity index (χ1) is 6.18. The second-order valence-electron chi connectivity index (χ2n) is 2.25. The zero-order chi connectivity index (χ0) is 9.68. The molecule has 2 aromatic heterocycles. The van der Waals surface area contributed by atoms with E-state index in [4.69, 9.17) is 0 Å². The Morgan fingerprint density at radius 3 is 2.23 bits per heavy atom. The molecule has 1 N–H and O–H groups in total. The minimum Gasteiger partial charge on any atom is -0.285 e. The van der Waals surface area contributed by atoms with Crippen molar-refractivity contribution < 1.29 is 0 Å². The highest BCUT2D eigenvalue weighted by atomic mass is 127. The van der Waals surface area contributed by atoms with Gasteiger partial charge in [0.05, 0.1) is 19.5 Å². The first kappa shape index (κ1) is 11.0. The van der Waals surface area contributed by atoms with E-state index in [-0.39, 0.29) is 0 Å². The van der Waals surface area contributed by atoms with Crippen LogP contribution in [0.1, 0.15) is 0 Å². The van der Waals surface area contributed by atoms with Gasteiger partial charge in [0.15, 0.2) is 0 Å². The van der Waals surface area contributed by atoms with Gasteiger partial charge in [-0.15, -0.1) is 0 Å². The number of hydrogen-bond acceptors (Lipinski definition) is 2. The van der Waals surface area contributed by atoms with Gasteiger partial charge in [0, 0.05) is 19.4 Å². The van der Waals surface area contributed by atoms with Crippen molar-refractivity contribution in [2.24, 2.45) is 7.05 Å². The molecule has 0 aromatic carbocycles. The van der Waals surface area contributed by atoms with Crippen molar-refractivity contribution in [3.05, 3.63) is 31.9 Å². The van der Waals surface area contributed by atoms with Crippen LogP contribution in [0.2, 0.25) is 0 Å². The monoisotopic (exact) mass is 402 g/mol. The summed E-state index contributed by atoms with van der Waals surface area (Å²) >= 11 is 4.40. The molecular weight excluding hydrogens is 394 g/mol. The van der Waals surface area contributed by atoms with Gasteiger partial charge in [-0.25, -0.2) is 0 Å². The summed E-state index contributed by atoms with van der Waals surface area (Å²) < 4.78 is 4.11. The quantitative estimate of drug-likeness (QED) is 0.686. The van der Waals surface area contributed by atoms with Gasteiger partial charge in [0.1, 0.15) is 0 Å². The van der Waals surface area contributed by atoms with Crippen molar-refractivity contribution in [3.63, 3.8) is 0 Å². The van der Waals surface area contributed by atoms with Crippen LogP contribution in [0.4, 0.5) is 0 Å². The Morgan fingerprint density at radius 1 is 1.31 bits per heavy atom. The highest BCUT2D eigenvalue weighted by molar-refractivity contribution is 14.1. The predicted octanol–water partition coefficient (Wildman–Crippen LogP) is 2.04. The largest absolute Gasteiger partial charge is 0.285 e. The predicted molar refractivity (Wildman–Crippen MR) is 67.2 cm³/mol. The van der Waals surface area contributed by atoms with Crippen LogP contribution < -0.4 is 0 Å². The van der Waals surface area contributed by atoms with E-state index in [0.29, 0.717) is 0 Å². The molecule has 2 heterocycles. The maximum absolute atomic E-state index is 3.93. The van der Waals surface area contributed by atoms with Crippen molar-refractivity contribution in [2.75, 3.05) is 0 Å². The Hall–Kier alpha value is -0.120. The third kappa shape index (κ3) is 4.60. The lowest BCUT2D eigenvalue weighted by molar-refractivity contribution is 0.767. The minimum absolute atomic E-state index is 1.15. The minimum atomic E-state index is 1.15. The molecule has 2 aromatic rings. The van der Waals surface area contributed by atoms with Crippen LogP contribution in [-0.4, -0.2) is 20.0 Å². The molecule has 0 saturated heterocycles. The molecule has 0 spiro atoms. The Bertz CT molecular complexity index is 325. The number of aromatic amines is 1. The molecule has 0 amide bonds. The summed E-state index contributed by atoms with van der Waals surface area (Å²) in [6.45, 7) is 0. The van der Waals surface area contributed by atoms with Crippen molar-refractivity contribution in [1.29, 1.82) is 0 Å². The number of aromatic nitrogens is 4. The van der Waals surface area contributed by atoms with E-state index in [1.807, 2.05) is 25.6 Å². The molecule has 70 valence electrons. The fraction of sp³-hybridized carbons (Fsp3) is 0.143. The summed E-state index contributed by atoms with van der Waals surface area (Å²) in [6.07, 6.45) is 7.38. The SMILES string of the molecule is Cn1cc(I)cn1.Ic1cn[nH]c1. The first-order valence-corrected chi connectivity index (χ1v) is 5.62. The van der Waals surface area contributed by atoms with E-state index in [2.05, 4.69) is 60.5 Å². The number of hydrogen-bond donors (Lipinski definition) is 1. The number of aryl methyl sites for hydroxylation is 1. The van der Waals surface area contributed by atoms with Crippen molar-refractivity contribution >= 4 is 45.2 Å². The van der Waals surface area contributed by atoms with Crippen LogP contribution in [0.25, 0.3) is 0 Å². The molecule has 0 radical (unpaired) electrons. The van der Waals surface area contributed by atoms with Crippen LogP contribution >= 0.6 is 45.2 Å². The normalized spacial score (nSPS) is 9.15. The van der Waals surface area contributed by atoms with Gasteiger partial charge in [0.25, 0.3) is 0 Å². The number of rotatable bonds is 0. The van der Waals surface area contributed by atoms with Gasteiger partial charge in [-0.3, -0.25) is 9.78 Å². The summed E-state index contributed by atoms with van der Waals surface area (Å²) in [5.74, 6) is 0. The third-order valence-electron chi connectivity index (χ3n) is 1.14. The van der Waals surface area contributed by atoms with Gasteiger partial charge in [-0.2, -0.15) is 10.2 Å². The Labute approximate surface area is 103 Å². The fourth-order valence-corrected chi connectivity index (χ4v) is 1.43. The zero-order valence-corrected chi connectivity index (χ0v) is 11.2. The third-order valence-corrected chi connectivity index (χ3v) is 2.29. The number of nitrogens with one attached hydrogen (secondary N) is 1. The average molecular weight is 402 g/mol. The van der Waals surface area contributed by atoms with Gasteiger partial charge in [-0.05, 0) is 45.2 Å². The van der Waals surface area contributed by atoms with Crippen LogP contribution in [-0.2, 0) is 7.05 Å². The standard InChI is InChI=1S/C4H5IN2.C3H3IN2/c1-7-3-4(5)2-6-7;4-3-1-5-6-2-3/h2-3H,1H3;1-2H,(H,5,6). The Kier molecular flexibility index (Phi) is 4.70. The number of halogens is 2. The molecular formula is C7H8I2N4. The molecule has 0 atom stereocenters. The van der Waals surface area contributed by atoms with E-state index >= 15 is 0 Å². The molecule has 0 unspecified atom stereocenters. The van der Waals surface area contributed by atoms with Crippen molar-refractivity contribution in [2.45, 2.75) is 0 Å². The molecule has 0 aliphatic heterocycles. The van der Waals surface area contributed by atoms with E-state index in [1.54, 1.807) is 10.9 Å². The van der Waals surface area contributed by atoms with Gasteiger partial charge in [0.2, 0.25) is 0 Å². The second kappa shape index (κ2) is 5.58. The van der Waals surface area contributed by atoms with E-state index in [0.717, 1.165) is 3.57 Å². The van der Waals surface area contributed by atoms with Crippen LogP contribution in [0, 0.1) is 7.14 Å². The van der Waals surface area contributed by atoms with E-state index in [1.165, 1.54) is 3.57 Å². The van der Waals surface area contributed by atoms with Gasteiger partial charge >= 0.3 is 0 Å². The molecule has 13 heavy (non-hydrogen) atoms. The Balaban J connectivity index is 0.000000132. The summed E-state index contributed by atoms with van der Waals surface area (Å²) in [5, 5.41) is 10.3. The van der Waals surface area contributed by atoms with Crippen LogP contribution in [0.3, 0.4) is 0 Å². The van der Waals surface area contributed by atoms with E-state index < -0.39 is 0 Å². The maximum atomic E-state index is 3.93. The molecule has 2 rings (SSSR count). The van der Waals surface area contributed by atoms with Crippen LogP contribution in [0.15, 0.2) is 24.8 Å². The molecule has 0 aliphatic rings. The molecule has 4 nitrogen and oxygen atoms in total. The Morgan fingerprint density at radius 2 is 2.08 bits per heavy atom. The fourth-order valence-electron chi connectivity index (χ4n) is 0.627. The lowest BCUT2D eigenvalue weighted by Crippen LogP contribution is -1.83. The smallest absolute Gasteiger partial charge is 0.0623 e. The van der Waals surface area contributed by atoms with Gasteiger partial charge < -0.3 is 0 Å². The van der Waals surface area contributed by atoms with Crippen LogP contribution in [0.5, 0.6) is 0 Å². The summed E-state index contributed by atoms with van der Waals surface area (Å²) in [7, 11) is 1.90. The summed E-state index contributed by atoms with van der Waals surface area (Å²) in [6, 6.07) is 0. The maximum Gasteiger partial charge on any atom is 0.0623 e. The van der Waals surface area contributed by atoms with Crippen molar-refractivity contribution in [3.8, 4) is 0 Å². The lowest BCUT2D eigenvalue weighted by Gasteiger charge is -1.78. The molecule has 0 bridgehead atoms. The van der Waals surface area contributed by atoms with Crippen molar-refractivity contribution in [1.82, 2.24) is 20.0 Å². The second-order valence-corrected chi connectivity index (χ2v) is 4.74. The highest BCUT2D eigenvalue weighted by Gasteiger charge is 1.83.